The van der Waals surface area contributed by atoms with Crippen LogP contribution in [-0.4, -0.2) is 34.7 Å². The number of halogens is 3. The zero-order valence-corrected chi connectivity index (χ0v) is 19.3. The van der Waals surface area contributed by atoms with Gasteiger partial charge in [0.05, 0.1) is 22.8 Å². The van der Waals surface area contributed by atoms with Crippen LogP contribution in [0.25, 0.3) is 5.69 Å². The van der Waals surface area contributed by atoms with E-state index in [4.69, 9.17) is 34.8 Å². The smallest absolute Gasteiger partial charge is 0.251 e. The Labute approximate surface area is 195 Å². The lowest BCUT2D eigenvalue weighted by atomic mass is 10.1. The number of carbonyl (C=O) groups is 2. The van der Waals surface area contributed by atoms with Crippen LogP contribution in [0.2, 0.25) is 15.1 Å². The van der Waals surface area contributed by atoms with Crippen molar-refractivity contribution in [2.75, 3.05) is 13.1 Å². The number of benzene rings is 2. The molecule has 0 spiro atoms. The molecule has 0 fully saturated rings. The Morgan fingerprint density at radius 2 is 1.58 bits per heavy atom. The van der Waals surface area contributed by atoms with E-state index in [9.17, 15) is 9.59 Å². The summed E-state index contributed by atoms with van der Waals surface area (Å²) < 4.78 is 1.71. The van der Waals surface area contributed by atoms with Gasteiger partial charge in [-0.1, -0.05) is 34.8 Å². The summed E-state index contributed by atoms with van der Waals surface area (Å²) in [6.45, 7) is 4.36. The Kier molecular flexibility index (Phi) is 7.59. The van der Waals surface area contributed by atoms with Gasteiger partial charge in [-0.2, -0.15) is 5.10 Å². The van der Waals surface area contributed by atoms with Crippen molar-refractivity contribution in [3.63, 3.8) is 0 Å². The first kappa shape index (κ1) is 23.1. The van der Waals surface area contributed by atoms with Crippen LogP contribution in [0, 0.1) is 13.8 Å². The highest BCUT2D eigenvalue weighted by Gasteiger charge is 2.17. The maximum absolute atomic E-state index is 12.4. The fourth-order valence-electron chi connectivity index (χ4n) is 3.12. The summed E-state index contributed by atoms with van der Waals surface area (Å²) in [5, 5.41) is 11.7. The topological polar surface area (TPSA) is 76.0 Å². The predicted molar refractivity (Wildman–Crippen MR) is 124 cm³/mol. The fraction of sp³-hybridized carbons (Fsp3) is 0.227. The molecule has 162 valence electrons. The second kappa shape index (κ2) is 10.2. The molecule has 1 aromatic heterocycles. The van der Waals surface area contributed by atoms with Crippen molar-refractivity contribution in [1.82, 2.24) is 20.4 Å². The second-order valence-corrected chi connectivity index (χ2v) is 8.23. The highest BCUT2D eigenvalue weighted by molar-refractivity contribution is 6.35. The first-order valence-corrected chi connectivity index (χ1v) is 10.7. The molecule has 0 aliphatic rings. The molecule has 2 amide bonds. The number of amides is 2. The quantitative estimate of drug-likeness (QED) is 0.489. The van der Waals surface area contributed by atoms with Crippen molar-refractivity contribution >= 4 is 46.6 Å². The first-order valence-electron chi connectivity index (χ1n) is 9.57. The largest absolute Gasteiger partial charge is 0.354 e. The average molecular weight is 480 g/mol. The molecule has 0 radical (unpaired) electrons. The molecule has 2 N–H and O–H groups in total. The molecule has 0 unspecified atom stereocenters. The number of hydrogen-bond acceptors (Lipinski definition) is 3. The highest BCUT2D eigenvalue weighted by atomic mass is 35.5. The Bertz CT molecular complexity index is 1110. The van der Waals surface area contributed by atoms with Crippen molar-refractivity contribution in [3.05, 3.63) is 80.0 Å². The molecular formula is C22H21Cl3N4O2. The predicted octanol–water partition coefficient (Wildman–Crippen LogP) is 4.54. The summed E-state index contributed by atoms with van der Waals surface area (Å²) in [5.41, 5.74) is 3.61. The van der Waals surface area contributed by atoms with Gasteiger partial charge in [-0.3, -0.25) is 9.59 Å². The molecule has 0 saturated heterocycles. The minimum Gasteiger partial charge on any atom is -0.354 e. The Morgan fingerprint density at radius 3 is 2.26 bits per heavy atom. The van der Waals surface area contributed by atoms with E-state index >= 15 is 0 Å². The minimum absolute atomic E-state index is 0.159. The maximum atomic E-state index is 12.4. The van der Waals surface area contributed by atoms with Crippen molar-refractivity contribution in [2.24, 2.45) is 0 Å². The average Bonchev–Trinajstić information content (AvgIpc) is 2.99. The van der Waals surface area contributed by atoms with Gasteiger partial charge in [-0.15, -0.1) is 0 Å². The van der Waals surface area contributed by atoms with E-state index in [1.807, 2.05) is 13.8 Å². The monoisotopic (exact) mass is 478 g/mol. The standard InChI is InChI=1S/C22H21Cl3N4O2/c1-13-18(14(2)29(28-13)20-8-7-17(24)11-19(20)25)12-21(30)26-9-10-27-22(31)15-3-5-16(23)6-4-15/h3-8,11H,9-10,12H2,1-2H3,(H,26,30)(H,27,31). The van der Waals surface area contributed by atoms with Crippen LogP contribution in [0.1, 0.15) is 27.3 Å². The van der Waals surface area contributed by atoms with E-state index in [-0.39, 0.29) is 18.2 Å². The molecule has 31 heavy (non-hydrogen) atoms. The number of hydrogen-bond donors (Lipinski definition) is 2. The summed E-state index contributed by atoms with van der Waals surface area (Å²) in [6.07, 6.45) is 0.175. The molecule has 1 heterocycles. The minimum atomic E-state index is -0.223. The maximum Gasteiger partial charge on any atom is 0.251 e. The van der Waals surface area contributed by atoms with Gasteiger partial charge < -0.3 is 10.6 Å². The highest BCUT2D eigenvalue weighted by Crippen LogP contribution is 2.27. The molecule has 3 rings (SSSR count). The van der Waals surface area contributed by atoms with Crippen LogP contribution in [0.4, 0.5) is 0 Å². The van der Waals surface area contributed by atoms with Gasteiger partial charge in [0, 0.05) is 40.0 Å². The lowest BCUT2D eigenvalue weighted by Gasteiger charge is -2.09. The molecule has 0 saturated carbocycles. The van der Waals surface area contributed by atoms with Crippen LogP contribution >= 0.6 is 34.8 Å². The summed E-state index contributed by atoms with van der Waals surface area (Å²) in [6, 6.07) is 11.8. The second-order valence-electron chi connectivity index (χ2n) is 6.95. The normalized spacial score (nSPS) is 10.7. The summed E-state index contributed by atoms with van der Waals surface area (Å²) in [5.74, 6) is -0.382. The number of aryl methyl sites for hydroxylation is 1. The van der Waals surface area contributed by atoms with E-state index in [2.05, 4.69) is 15.7 Å². The van der Waals surface area contributed by atoms with E-state index in [0.29, 0.717) is 39.4 Å². The Hall–Kier alpha value is -2.54. The summed E-state index contributed by atoms with van der Waals surface area (Å²) in [4.78, 5) is 24.5. The van der Waals surface area contributed by atoms with Crippen LogP contribution in [-0.2, 0) is 11.2 Å². The molecule has 3 aromatic rings. The van der Waals surface area contributed by atoms with Gasteiger partial charge in [-0.25, -0.2) is 4.68 Å². The number of rotatable bonds is 7. The Balaban J connectivity index is 1.55. The number of aromatic nitrogens is 2. The van der Waals surface area contributed by atoms with Gasteiger partial charge in [0.15, 0.2) is 0 Å². The van der Waals surface area contributed by atoms with E-state index < -0.39 is 0 Å². The third kappa shape index (κ3) is 5.79. The zero-order chi connectivity index (χ0) is 22.5. The molecule has 0 aliphatic carbocycles. The SMILES string of the molecule is Cc1nn(-c2ccc(Cl)cc2Cl)c(C)c1CC(=O)NCCNC(=O)c1ccc(Cl)cc1. The van der Waals surface area contributed by atoms with Crippen LogP contribution in [0.15, 0.2) is 42.5 Å². The fourth-order valence-corrected chi connectivity index (χ4v) is 3.74. The molecule has 0 bridgehead atoms. The Morgan fingerprint density at radius 1 is 0.935 bits per heavy atom. The lowest BCUT2D eigenvalue weighted by molar-refractivity contribution is -0.120. The lowest BCUT2D eigenvalue weighted by Crippen LogP contribution is -2.35. The zero-order valence-electron chi connectivity index (χ0n) is 17.0. The van der Waals surface area contributed by atoms with E-state index in [1.165, 1.54) is 0 Å². The molecule has 0 aliphatic heterocycles. The molecule has 2 aromatic carbocycles. The van der Waals surface area contributed by atoms with Crippen molar-refractivity contribution in [2.45, 2.75) is 20.3 Å². The van der Waals surface area contributed by atoms with E-state index in [1.54, 1.807) is 47.1 Å². The summed E-state index contributed by atoms with van der Waals surface area (Å²) in [7, 11) is 0. The number of nitrogens with zero attached hydrogens (tertiary/aromatic N) is 2. The van der Waals surface area contributed by atoms with Gasteiger partial charge >= 0.3 is 0 Å². The number of nitrogens with one attached hydrogen (secondary N) is 2. The molecular weight excluding hydrogens is 459 g/mol. The van der Waals surface area contributed by atoms with Crippen LogP contribution < -0.4 is 10.6 Å². The van der Waals surface area contributed by atoms with Crippen molar-refractivity contribution in [3.8, 4) is 5.69 Å². The van der Waals surface area contributed by atoms with Gasteiger partial charge in [-0.05, 0) is 56.3 Å². The van der Waals surface area contributed by atoms with Crippen LogP contribution in [0.5, 0.6) is 0 Å². The van der Waals surface area contributed by atoms with Gasteiger partial charge in [0.25, 0.3) is 5.91 Å². The van der Waals surface area contributed by atoms with Crippen molar-refractivity contribution in [1.29, 1.82) is 0 Å². The first-order chi connectivity index (χ1) is 14.8. The van der Waals surface area contributed by atoms with Crippen LogP contribution in [0.3, 0.4) is 0 Å². The van der Waals surface area contributed by atoms with Crippen molar-refractivity contribution < 1.29 is 9.59 Å². The summed E-state index contributed by atoms with van der Waals surface area (Å²) >= 11 is 18.1. The van der Waals surface area contributed by atoms with Gasteiger partial charge in [0.2, 0.25) is 5.91 Å². The molecule has 0 atom stereocenters. The molecule has 9 heteroatoms. The van der Waals surface area contributed by atoms with E-state index in [0.717, 1.165) is 17.0 Å². The number of carbonyl (C=O) groups excluding carboxylic acids is 2. The van der Waals surface area contributed by atoms with Gasteiger partial charge in [0.1, 0.15) is 0 Å². The third-order valence-electron chi connectivity index (χ3n) is 4.76. The molecule has 6 nitrogen and oxygen atoms in total. The third-order valence-corrected chi connectivity index (χ3v) is 5.55.